The Balaban J connectivity index is 2.95. The summed E-state index contributed by atoms with van der Waals surface area (Å²) in [6.07, 6.45) is 0.763. The van der Waals surface area contributed by atoms with E-state index in [2.05, 4.69) is 10.6 Å². The summed E-state index contributed by atoms with van der Waals surface area (Å²) in [6, 6.07) is 5.11. The molecule has 104 valence electrons. The second-order valence-electron chi connectivity index (χ2n) is 4.39. The highest BCUT2D eigenvalue weighted by molar-refractivity contribution is 5.95. The molecule has 0 aromatic heterocycles. The maximum Gasteiger partial charge on any atom is 0.227 e. The van der Waals surface area contributed by atoms with E-state index in [-0.39, 0.29) is 17.7 Å². The zero-order valence-electron chi connectivity index (χ0n) is 11.7. The van der Waals surface area contributed by atoms with Gasteiger partial charge in [-0.25, -0.2) is 0 Å². The van der Waals surface area contributed by atoms with E-state index in [1.54, 1.807) is 18.2 Å². The number of ether oxygens (including phenoxy) is 1. The number of nitrogens with one attached hydrogen (secondary N) is 2. The van der Waals surface area contributed by atoms with Crippen LogP contribution in [0.4, 0.5) is 11.4 Å². The normalized spacial score (nSPS) is 11.6. The summed E-state index contributed by atoms with van der Waals surface area (Å²) in [5.41, 5.74) is 1.17. The fourth-order valence-corrected chi connectivity index (χ4v) is 1.53. The first kappa shape index (κ1) is 15.0. The van der Waals surface area contributed by atoms with E-state index in [9.17, 15) is 9.59 Å². The third-order valence-corrected chi connectivity index (χ3v) is 2.84. The van der Waals surface area contributed by atoms with Crippen molar-refractivity contribution >= 4 is 23.2 Å². The molecule has 0 saturated heterocycles. The summed E-state index contributed by atoms with van der Waals surface area (Å²) in [4.78, 5) is 22.9. The number of hydrogen-bond acceptors (Lipinski definition) is 3. The average molecular weight is 264 g/mol. The fourth-order valence-electron chi connectivity index (χ4n) is 1.53. The van der Waals surface area contributed by atoms with Gasteiger partial charge in [-0.2, -0.15) is 0 Å². The monoisotopic (exact) mass is 264 g/mol. The molecule has 0 unspecified atom stereocenters. The first-order chi connectivity index (χ1) is 8.97. The number of carbonyl (C=O) groups excluding carboxylic acids is 2. The number of benzene rings is 1. The van der Waals surface area contributed by atoms with Gasteiger partial charge in [0.1, 0.15) is 5.75 Å². The summed E-state index contributed by atoms with van der Waals surface area (Å²) in [5.74, 6) is 0.255. The van der Waals surface area contributed by atoms with Crippen LogP contribution in [-0.4, -0.2) is 18.9 Å². The van der Waals surface area contributed by atoms with Crippen molar-refractivity contribution in [2.75, 3.05) is 17.7 Å². The number of rotatable bonds is 5. The molecular weight excluding hydrogens is 244 g/mol. The second-order valence-corrected chi connectivity index (χ2v) is 4.39. The van der Waals surface area contributed by atoms with Gasteiger partial charge in [-0.3, -0.25) is 9.59 Å². The Morgan fingerprint density at radius 3 is 2.53 bits per heavy atom. The van der Waals surface area contributed by atoms with Gasteiger partial charge in [0.05, 0.1) is 12.8 Å². The Kier molecular flexibility index (Phi) is 5.36. The van der Waals surface area contributed by atoms with Crippen molar-refractivity contribution in [2.24, 2.45) is 5.92 Å². The van der Waals surface area contributed by atoms with Crippen LogP contribution in [0.3, 0.4) is 0 Å². The average Bonchev–Trinajstić information content (AvgIpc) is 2.37. The van der Waals surface area contributed by atoms with E-state index < -0.39 is 0 Å². The minimum atomic E-state index is -0.163. The van der Waals surface area contributed by atoms with Crippen molar-refractivity contribution in [1.29, 1.82) is 0 Å². The molecule has 2 N–H and O–H groups in total. The molecule has 0 saturated carbocycles. The molecule has 1 aromatic rings. The largest absolute Gasteiger partial charge is 0.495 e. The van der Waals surface area contributed by atoms with Crippen molar-refractivity contribution in [2.45, 2.75) is 27.2 Å². The summed E-state index contributed by atoms with van der Waals surface area (Å²) < 4.78 is 5.19. The van der Waals surface area contributed by atoms with Gasteiger partial charge in [0.15, 0.2) is 0 Å². The minimum absolute atomic E-state index is 0.0687. The number of hydrogen-bond donors (Lipinski definition) is 2. The molecule has 0 aliphatic rings. The third kappa shape index (κ3) is 4.28. The van der Waals surface area contributed by atoms with Gasteiger partial charge in [0, 0.05) is 18.5 Å². The SMILES string of the molecule is CC[C@H](C)C(=O)Nc1cc(NC(C)=O)ccc1OC. The van der Waals surface area contributed by atoms with Crippen molar-refractivity contribution in [3.63, 3.8) is 0 Å². The summed E-state index contributed by atoms with van der Waals surface area (Å²) in [6.45, 7) is 5.25. The van der Waals surface area contributed by atoms with Gasteiger partial charge in [-0.15, -0.1) is 0 Å². The Bertz CT molecular complexity index is 472. The van der Waals surface area contributed by atoms with Crippen LogP contribution in [0.5, 0.6) is 5.75 Å². The molecule has 0 heterocycles. The van der Waals surface area contributed by atoms with E-state index in [0.717, 1.165) is 6.42 Å². The topological polar surface area (TPSA) is 67.4 Å². The molecule has 0 spiro atoms. The van der Waals surface area contributed by atoms with Crippen LogP contribution >= 0.6 is 0 Å². The van der Waals surface area contributed by atoms with Crippen LogP contribution in [0.25, 0.3) is 0 Å². The Morgan fingerprint density at radius 1 is 1.32 bits per heavy atom. The second kappa shape index (κ2) is 6.78. The van der Waals surface area contributed by atoms with Crippen molar-refractivity contribution in [3.05, 3.63) is 18.2 Å². The molecule has 1 aromatic carbocycles. The summed E-state index contributed by atoms with van der Waals surface area (Å²) in [7, 11) is 1.53. The van der Waals surface area contributed by atoms with E-state index in [1.807, 2.05) is 13.8 Å². The van der Waals surface area contributed by atoms with Gasteiger partial charge >= 0.3 is 0 Å². The van der Waals surface area contributed by atoms with Crippen molar-refractivity contribution in [3.8, 4) is 5.75 Å². The molecule has 5 nitrogen and oxygen atoms in total. The van der Waals surface area contributed by atoms with Gasteiger partial charge in [-0.1, -0.05) is 13.8 Å². The smallest absolute Gasteiger partial charge is 0.227 e. The molecule has 0 aliphatic carbocycles. The molecule has 1 rings (SSSR count). The van der Waals surface area contributed by atoms with Crippen LogP contribution in [0.1, 0.15) is 27.2 Å². The molecule has 19 heavy (non-hydrogen) atoms. The number of anilines is 2. The van der Waals surface area contributed by atoms with Gasteiger partial charge < -0.3 is 15.4 Å². The highest BCUT2D eigenvalue weighted by Crippen LogP contribution is 2.28. The maximum absolute atomic E-state index is 11.9. The van der Waals surface area contributed by atoms with Crippen LogP contribution in [0.2, 0.25) is 0 Å². The van der Waals surface area contributed by atoms with Gasteiger partial charge in [0.25, 0.3) is 0 Å². The Hall–Kier alpha value is -2.04. The number of methoxy groups -OCH3 is 1. The third-order valence-electron chi connectivity index (χ3n) is 2.84. The van der Waals surface area contributed by atoms with Gasteiger partial charge in [-0.05, 0) is 24.6 Å². The quantitative estimate of drug-likeness (QED) is 0.859. The van der Waals surface area contributed by atoms with E-state index in [4.69, 9.17) is 4.74 Å². The van der Waals surface area contributed by atoms with Crippen molar-refractivity contribution in [1.82, 2.24) is 0 Å². The number of carbonyl (C=O) groups is 2. The van der Waals surface area contributed by atoms with E-state index >= 15 is 0 Å². The molecule has 1 atom stereocenters. The maximum atomic E-state index is 11.9. The minimum Gasteiger partial charge on any atom is -0.495 e. The fraction of sp³-hybridized carbons (Fsp3) is 0.429. The predicted octanol–water partition coefficient (Wildman–Crippen LogP) is 2.64. The molecule has 0 radical (unpaired) electrons. The summed E-state index contributed by atoms with van der Waals surface area (Å²) in [5, 5.41) is 5.48. The molecule has 2 amide bonds. The zero-order valence-corrected chi connectivity index (χ0v) is 11.7. The first-order valence-corrected chi connectivity index (χ1v) is 6.24. The lowest BCUT2D eigenvalue weighted by Crippen LogP contribution is -2.20. The molecule has 0 aliphatic heterocycles. The van der Waals surface area contributed by atoms with Crippen LogP contribution in [0, 0.1) is 5.92 Å². The van der Waals surface area contributed by atoms with Crippen molar-refractivity contribution < 1.29 is 14.3 Å². The van der Waals surface area contributed by atoms with Gasteiger partial charge in [0.2, 0.25) is 11.8 Å². The zero-order chi connectivity index (χ0) is 14.4. The molecule has 0 fully saturated rings. The van der Waals surface area contributed by atoms with Crippen LogP contribution in [-0.2, 0) is 9.59 Å². The van der Waals surface area contributed by atoms with E-state index in [1.165, 1.54) is 14.0 Å². The Morgan fingerprint density at radius 2 is 2.00 bits per heavy atom. The standard InChI is InChI=1S/C14H20N2O3/c1-5-9(2)14(18)16-12-8-11(15-10(3)17)6-7-13(12)19-4/h6-9H,5H2,1-4H3,(H,15,17)(H,16,18)/t9-/m0/s1. The van der Waals surface area contributed by atoms with Crippen LogP contribution in [0.15, 0.2) is 18.2 Å². The lowest BCUT2D eigenvalue weighted by Gasteiger charge is -2.14. The Labute approximate surface area is 113 Å². The highest BCUT2D eigenvalue weighted by atomic mass is 16.5. The first-order valence-electron chi connectivity index (χ1n) is 6.24. The van der Waals surface area contributed by atoms with Crippen LogP contribution < -0.4 is 15.4 Å². The highest BCUT2D eigenvalue weighted by Gasteiger charge is 2.13. The molecular formula is C14H20N2O3. The lowest BCUT2D eigenvalue weighted by molar-refractivity contribution is -0.119. The molecule has 0 bridgehead atoms. The number of amides is 2. The predicted molar refractivity (Wildman–Crippen MR) is 75.4 cm³/mol. The molecule has 5 heteroatoms. The summed E-state index contributed by atoms with van der Waals surface area (Å²) >= 11 is 0. The lowest BCUT2D eigenvalue weighted by atomic mass is 10.1. The van der Waals surface area contributed by atoms with E-state index in [0.29, 0.717) is 17.1 Å².